The monoisotopic (exact) mass is 288 g/mol. The number of nitrogens with two attached hydrogens (primary N) is 1. The van der Waals surface area contributed by atoms with Crippen molar-refractivity contribution in [3.05, 3.63) is 59.4 Å². The Morgan fingerprint density at radius 1 is 1.29 bits per heavy atom. The Bertz CT molecular complexity index is 658. The van der Waals surface area contributed by atoms with Gasteiger partial charge in [0, 0.05) is 19.3 Å². The van der Waals surface area contributed by atoms with Crippen molar-refractivity contribution in [3.8, 4) is 5.75 Å². The Balaban J connectivity index is 2.17. The molecular weight excluding hydrogens is 271 g/mol. The number of nitrogen functional groups attached to an aromatic ring is 1. The van der Waals surface area contributed by atoms with Gasteiger partial charge in [0.2, 0.25) is 0 Å². The number of hydrogen-bond donors (Lipinski definition) is 1. The van der Waals surface area contributed by atoms with Crippen LogP contribution in [0.5, 0.6) is 5.75 Å². The molecule has 0 unspecified atom stereocenters. The maximum absolute atomic E-state index is 13.7. The number of benzene rings is 2. The molecule has 2 aromatic rings. The minimum atomic E-state index is -0.577. The third kappa shape index (κ3) is 3.51. The summed E-state index contributed by atoms with van der Waals surface area (Å²) < 4.78 is 18.9. The summed E-state index contributed by atoms with van der Waals surface area (Å²) in [4.78, 5) is 13.7. The highest BCUT2D eigenvalue weighted by molar-refractivity contribution is 5.95. The molecule has 0 saturated carbocycles. The second kappa shape index (κ2) is 6.26. The fourth-order valence-electron chi connectivity index (χ4n) is 2.03. The molecule has 0 atom stereocenters. The van der Waals surface area contributed by atoms with Gasteiger partial charge in [-0.2, -0.15) is 0 Å². The van der Waals surface area contributed by atoms with Crippen molar-refractivity contribution in [1.82, 2.24) is 4.90 Å². The minimum Gasteiger partial charge on any atom is -0.497 e. The summed E-state index contributed by atoms with van der Waals surface area (Å²) in [7, 11) is 3.19. The van der Waals surface area contributed by atoms with E-state index in [0.717, 1.165) is 5.56 Å². The molecule has 1 amide bonds. The molecule has 0 fully saturated rings. The van der Waals surface area contributed by atoms with Crippen molar-refractivity contribution in [2.45, 2.75) is 6.54 Å². The lowest BCUT2D eigenvalue weighted by Gasteiger charge is -2.18. The highest BCUT2D eigenvalue weighted by atomic mass is 19.1. The zero-order chi connectivity index (χ0) is 15.4. The van der Waals surface area contributed by atoms with Gasteiger partial charge in [-0.25, -0.2) is 4.39 Å². The van der Waals surface area contributed by atoms with Gasteiger partial charge in [0.25, 0.3) is 5.91 Å². The van der Waals surface area contributed by atoms with E-state index in [-0.39, 0.29) is 5.56 Å². The molecule has 0 aliphatic carbocycles. The first-order valence-electron chi connectivity index (χ1n) is 6.44. The first kappa shape index (κ1) is 14.8. The van der Waals surface area contributed by atoms with Crippen molar-refractivity contribution in [2.24, 2.45) is 0 Å². The topological polar surface area (TPSA) is 55.6 Å². The molecule has 0 bridgehead atoms. The molecule has 0 aliphatic rings. The van der Waals surface area contributed by atoms with Crippen LogP contribution in [0.15, 0.2) is 42.5 Å². The molecule has 2 N–H and O–H groups in total. The number of rotatable bonds is 4. The van der Waals surface area contributed by atoms with Crippen LogP contribution in [0.1, 0.15) is 15.9 Å². The fourth-order valence-corrected chi connectivity index (χ4v) is 2.03. The molecule has 2 rings (SSSR count). The zero-order valence-corrected chi connectivity index (χ0v) is 12.0. The van der Waals surface area contributed by atoms with E-state index >= 15 is 0 Å². The Kier molecular flexibility index (Phi) is 4.42. The Labute approximate surface area is 122 Å². The van der Waals surface area contributed by atoms with Gasteiger partial charge in [-0.15, -0.1) is 0 Å². The van der Waals surface area contributed by atoms with Crippen LogP contribution < -0.4 is 10.5 Å². The Morgan fingerprint density at radius 2 is 2.05 bits per heavy atom. The van der Waals surface area contributed by atoms with Gasteiger partial charge in [-0.1, -0.05) is 12.1 Å². The molecule has 4 nitrogen and oxygen atoms in total. The van der Waals surface area contributed by atoms with E-state index in [0.29, 0.717) is 18.0 Å². The smallest absolute Gasteiger partial charge is 0.256 e. The van der Waals surface area contributed by atoms with Crippen LogP contribution in [0.4, 0.5) is 10.1 Å². The van der Waals surface area contributed by atoms with E-state index in [1.54, 1.807) is 14.2 Å². The van der Waals surface area contributed by atoms with E-state index in [4.69, 9.17) is 10.5 Å². The normalized spacial score (nSPS) is 10.2. The van der Waals surface area contributed by atoms with Crippen LogP contribution in [-0.2, 0) is 6.54 Å². The number of anilines is 1. The summed E-state index contributed by atoms with van der Waals surface area (Å²) in [6.45, 7) is 0.351. The molecule has 5 heteroatoms. The third-order valence-corrected chi connectivity index (χ3v) is 3.12. The van der Waals surface area contributed by atoms with E-state index in [1.807, 2.05) is 24.3 Å². The van der Waals surface area contributed by atoms with Gasteiger partial charge in [0.1, 0.15) is 11.6 Å². The van der Waals surface area contributed by atoms with Crippen molar-refractivity contribution < 1.29 is 13.9 Å². The molecule has 0 aliphatic heterocycles. The van der Waals surface area contributed by atoms with Crippen LogP contribution in [-0.4, -0.2) is 25.0 Å². The van der Waals surface area contributed by atoms with E-state index < -0.39 is 11.7 Å². The van der Waals surface area contributed by atoms with Crippen molar-refractivity contribution in [3.63, 3.8) is 0 Å². The first-order chi connectivity index (χ1) is 10.0. The highest BCUT2D eigenvalue weighted by Crippen LogP contribution is 2.17. The summed E-state index contributed by atoms with van der Waals surface area (Å²) in [6, 6.07) is 11.3. The maximum atomic E-state index is 13.7. The number of hydrogen-bond acceptors (Lipinski definition) is 3. The summed E-state index contributed by atoms with van der Waals surface area (Å²) in [5, 5.41) is 0. The van der Waals surface area contributed by atoms with Crippen molar-refractivity contribution in [1.29, 1.82) is 0 Å². The third-order valence-electron chi connectivity index (χ3n) is 3.12. The summed E-state index contributed by atoms with van der Waals surface area (Å²) in [5.74, 6) is -0.280. The van der Waals surface area contributed by atoms with Crippen LogP contribution in [0.2, 0.25) is 0 Å². The van der Waals surface area contributed by atoms with Crippen LogP contribution in [0, 0.1) is 5.82 Å². The van der Waals surface area contributed by atoms with Gasteiger partial charge in [0.15, 0.2) is 0 Å². The molecule has 0 radical (unpaired) electrons. The molecule has 0 aromatic heterocycles. The lowest BCUT2D eigenvalue weighted by molar-refractivity contribution is 0.0780. The Hall–Kier alpha value is -2.56. The number of halogens is 1. The maximum Gasteiger partial charge on any atom is 0.256 e. The molecular formula is C16H17FN2O2. The number of nitrogens with zero attached hydrogens (tertiary/aromatic N) is 1. The van der Waals surface area contributed by atoms with Gasteiger partial charge >= 0.3 is 0 Å². The van der Waals surface area contributed by atoms with Gasteiger partial charge in [-0.05, 0) is 35.9 Å². The number of carbonyl (C=O) groups excluding carboxylic acids is 1. The molecule has 21 heavy (non-hydrogen) atoms. The lowest BCUT2D eigenvalue weighted by atomic mass is 10.1. The number of carbonyl (C=O) groups is 1. The molecule has 110 valence electrons. The highest BCUT2D eigenvalue weighted by Gasteiger charge is 2.16. The van der Waals surface area contributed by atoms with Crippen molar-refractivity contribution in [2.75, 3.05) is 19.9 Å². The number of methoxy groups -OCH3 is 1. The SMILES string of the molecule is COc1cccc(CN(C)C(=O)c2cc(N)ccc2F)c1. The lowest BCUT2D eigenvalue weighted by Crippen LogP contribution is -2.27. The average Bonchev–Trinajstić information content (AvgIpc) is 2.49. The Morgan fingerprint density at radius 3 is 2.76 bits per heavy atom. The standard InChI is InChI=1S/C16H17FN2O2/c1-19(10-11-4-3-5-13(8-11)21-2)16(20)14-9-12(18)6-7-15(14)17/h3-9H,10,18H2,1-2H3. The van der Waals surface area contributed by atoms with E-state index in [2.05, 4.69) is 0 Å². The first-order valence-corrected chi connectivity index (χ1v) is 6.44. The van der Waals surface area contributed by atoms with E-state index in [9.17, 15) is 9.18 Å². The van der Waals surface area contributed by atoms with Crippen LogP contribution >= 0.6 is 0 Å². The predicted molar refractivity (Wildman–Crippen MR) is 79.6 cm³/mol. The largest absolute Gasteiger partial charge is 0.497 e. The summed E-state index contributed by atoms with van der Waals surface area (Å²) in [5.41, 5.74) is 6.83. The number of amides is 1. The van der Waals surface area contributed by atoms with Gasteiger partial charge in [0.05, 0.1) is 12.7 Å². The quantitative estimate of drug-likeness (QED) is 0.880. The van der Waals surface area contributed by atoms with E-state index in [1.165, 1.54) is 23.1 Å². The summed E-state index contributed by atoms with van der Waals surface area (Å²) in [6.07, 6.45) is 0. The predicted octanol–water partition coefficient (Wildman–Crippen LogP) is 2.69. The minimum absolute atomic E-state index is 0.0274. The van der Waals surface area contributed by atoms with Crippen molar-refractivity contribution >= 4 is 11.6 Å². The molecule has 0 saturated heterocycles. The average molecular weight is 288 g/mol. The fraction of sp³-hybridized carbons (Fsp3) is 0.188. The van der Waals surface area contributed by atoms with Crippen LogP contribution in [0.3, 0.4) is 0 Å². The second-order valence-corrected chi connectivity index (χ2v) is 4.75. The zero-order valence-electron chi connectivity index (χ0n) is 12.0. The van der Waals surface area contributed by atoms with Crippen LogP contribution in [0.25, 0.3) is 0 Å². The second-order valence-electron chi connectivity index (χ2n) is 4.75. The van der Waals surface area contributed by atoms with Gasteiger partial charge < -0.3 is 15.4 Å². The molecule has 0 heterocycles. The molecule has 2 aromatic carbocycles. The van der Waals surface area contributed by atoms with Gasteiger partial charge in [-0.3, -0.25) is 4.79 Å². The number of ether oxygens (including phenoxy) is 1. The summed E-state index contributed by atoms with van der Waals surface area (Å²) >= 11 is 0. The molecule has 0 spiro atoms.